The van der Waals surface area contributed by atoms with Crippen molar-refractivity contribution < 1.29 is 23.5 Å². The van der Waals surface area contributed by atoms with Gasteiger partial charge in [0.15, 0.2) is 11.5 Å². The molecule has 0 radical (unpaired) electrons. The Balaban J connectivity index is 1.60. The van der Waals surface area contributed by atoms with E-state index in [1.807, 2.05) is 42.5 Å². The van der Waals surface area contributed by atoms with Crippen LogP contribution in [0, 0.1) is 5.82 Å². The number of fused-ring (bicyclic) bond motifs is 1. The number of nitrogens with one attached hydrogen (secondary N) is 1. The minimum Gasteiger partial charge on any atom is -0.493 e. The van der Waals surface area contributed by atoms with E-state index < -0.39 is 11.7 Å². The molecule has 33 heavy (non-hydrogen) atoms. The number of methoxy groups -OCH3 is 2. The second kappa shape index (κ2) is 9.95. The Labute approximate surface area is 195 Å². The van der Waals surface area contributed by atoms with Crippen molar-refractivity contribution in [2.24, 2.45) is 0 Å². The first kappa shape index (κ1) is 22.7. The van der Waals surface area contributed by atoms with E-state index in [-0.39, 0.29) is 24.1 Å². The van der Waals surface area contributed by atoms with Gasteiger partial charge in [-0.2, -0.15) is 0 Å². The maximum Gasteiger partial charge on any atom is 0.244 e. The molecule has 4 rings (SSSR count). The van der Waals surface area contributed by atoms with Crippen LogP contribution in [-0.4, -0.2) is 32.6 Å². The number of hydrogen-bond donors (Lipinski definition) is 1. The van der Waals surface area contributed by atoms with Gasteiger partial charge < -0.3 is 19.7 Å². The minimum absolute atomic E-state index is 0.172. The predicted molar refractivity (Wildman–Crippen MR) is 127 cm³/mol. The Bertz CT molecular complexity index is 1190. The highest BCUT2D eigenvalue weighted by Gasteiger charge is 2.30. The van der Waals surface area contributed by atoms with E-state index in [4.69, 9.17) is 9.47 Å². The fourth-order valence-electron chi connectivity index (χ4n) is 3.70. The van der Waals surface area contributed by atoms with Gasteiger partial charge in [-0.25, -0.2) is 4.39 Å². The molecule has 0 spiro atoms. The van der Waals surface area contributed by atoms with E-state index >= 15 is 0 Å². The summed E-state index contributed by atoms with van der Waals surface area (Å²) in [5.74, 6) is 0.173. The molecular formula is C25H23FN2O4S. The fourth-order valence-corrected chi connectivity index (χ4v) is 4.97. The first-order valence-corrected chi connectivity index (χ1v) is 11.2. The lowest BCUT2D eigenvalue weighted by Gasteiger charge is -2.22. The van der Waals surface area contributed by atoms with Crippen molar-refractivity contribution in [2.45, 2.75) is 16.6 Å². The third-order valence-electron chi connectivity index (χ3n) is 5.28. The number of rotatable bonds is 6. The molecule has 0 unspecified atom stereocenters. The quantitative estimate of drug-likeness (QED) is 0.551. The van der Waals surface area contributed by atoms with E-state index in [0.717, 1.165) is 10.5 Å². The Hall–Kier alpha value is -3.52. The standard InChI is InChI=1S/C25H23FN2O4S/c1-31-20-11-10-16(12-21(20)32-2)23-14-25(30)28(19-8-3-4-9-22(19)33-23)15-24(29)27-18-7-5-6-17(26)13-18/h3-13,23H,14-15H2,1-2H3,(H,27,29)/t23-/m0/s1. The summed E-state index contributed by atoms with van der Waals surface area (Å²) >= 11 is 1.56. The summed E-state index contributed by atoms with van der Waals surface area (Å²) in [7, 11) is 3.14. The lowest BCUT2D eigenvalue weighted by Crippen LogP contribution is -2.38. The number of carbonyl (C=O) groups is 2. The van der Waals surface area contributed by atoms with Gasteiger partial charge in [-0.05, 0) is 48.0 Å². The van der Waals surface area contributed by atoms with Crippen LogP contribution in [0.3, 0.4) is 0 Å². The van der Waals surface area contributed by atoms with Crippen LogP contribution in [0.5, 0.6) is 11.5 Å². The second-order valence-electron chi connectivity index (χ2n) is 7.43. The molecule has 0 aliphatic carbocycles. The van der Waals surface area contributed by atoms with Crippen LogP contribution in [0.4, 0.5) is 15.8 Å². The lowest BCUT2D eigenvalue weighted by molar-refractivity contribution is -0.121. The van der Waals surface area contributed by atoms with Gasteiger partial charge in [0.05, 0.1) is 19.9 Å². The van der Waals surface area contributed by atoms with Gasteiger partial charge in [0.25, 0.3) is 0 Å². The number of amides is 2. The normalized spacial score (nSPS) is 15.4. The van der Waals surface area contributed by atoms with Crippen LogP contribution >= 0.6 is 11.8 Å². The van der Waals surface area contributed by atoms with Gasteiger partial charge in [0.2, 0.25) is 11.8 Å². The highest BCUT2D eigenvalue weighted by atomic mass is 32.2. The van der Waals surface area contributed by atoms with Crippen molar-refractivity contribution in [3.05, 3.63) is 78.1 Å². The average molecular weight is 467 g/mol. The van der Waals surface area contributed by atoms with Gasteiger partial charge in [0.1, 0.15) is 12.4 Å². The number of thioether (sulfide) groups is 1. The number of benzene rings is 3. The molecule has 1 atom stereocenters. The summed E-state index contributed by atoms with van der Waals surface area (Å²) in [6, 6.07) is 18.8. The lowest BCUT2D eigenvalue weighted by atomic mass is 10.1. The maximum atomic E-state index is 13.5. The SMILES string of the molecule is COc1ccc([C@@H]2CC(=O)N(CC(=O)Nc3cccc(F)c3)c3ccccc3S2)cc1OC. The number of halogens is 1. The van der Waals surface area contributed by atoms with Gasteiger partial charge in [-0.3, -0.25) is 9.59 Å². The average Bonchev–Trinajstić information content (AvgIpc) is 2.95. The molecule has 1 aliphatic heterocycles. The number of anilines is 2. The zero-order valence-electron chi connectivity index (χ0n) is 18.2. The number of nitrogens with zero attached hydrogens (tertiary/aromatic N) is 1. The summed E-state index contributed by atoms with van der Waals surface area (Å²) in [6.45, 7) is -0.175. The minimum atomic E-state index is -0.446. The van der Waals surface area contributed by atoms with Crippen molar-refractivity contribution in [2.75, 3.05) is 31.0 Å². The van der Waals surface area contributed by atoms with Crippen LogP contribution in [0.2, 0.25) is 0 Å². The van der Waals surface area contributed by atoms with Gasteiger partial charge in [-0.1, -0.05) is 24.3 Å². The largest absolute Gasteiger partial charge is 0.493 e. The first-order valence-electron chi connectivity index (χ1n) is 10.3. The Kier molecular flexibility index (Phi) is 6.84. The zero-order valence-corrected chi connectivity index (χ0v) is 19.0. The van der Waals surface area contributed by atoms with Crippen LogP contribution in [0.1, 0.15) is 17.2 Å². The predicted octanol–water partition coefficient (Wildman–Crippen LogP) is 5.05. The van der Waals surface area contributed by atoms with Crippen LogP contribution < -0.4 is 19.7 Å². The molecule has 170 valence electrons. The first-order chi connectivity index (χ1) is 16.0. The molecule has 1 heterocycles. The molecule has 1 N–H and O–H groups in total. The molecule has 6 nitrogen and oxygen atoms in total. The molecule has 2 amide bonds. The topological polar surface area (TPSA) is 67.9 Å². The van der Waals surface area contributed by atoms with Gasteiger partial charge in [-0.15, -0.1) is 11.8 Å². The second-order valence-corrected chi connectivity index (χ2v) is 8.68. The highest BCUT2D eigenvalue weighted by molar-refractivity contribution is 7.99. The Morgan fingerprint density at radius 2 is 1.85 bits per heavy atom. The molecule has 0 bridgehead atoms. The summed E-state index contributed by atoms with van der Waals surface area (Å²) in [4.78, 5) is 28.4. The third-order valence-corrected chi connectivity index (χ3v) is 6.60. The van der Waals surface area contributed by atoms with Crippen molar-refractivity contribution >= 4 is 35.0 Å². The number of para-hydroxylation sites is 1. The Morgan fingerprint density at radius 1 is 1.06 bits per heavy atom. The van der Waals surface area contributed by atoms with Crippen LogP contribution in [-0.2, 0) is 9.59 Å². The molecule has 0 saturated carbocycles. The number of hydrogen-bond acceptors (Lipinski definition) is 5. The van der Waals surface area contributed by atoms with Crippen LogP contribution in [0.25, 0.3) is 0 Å². The monoisotopic (exact) mass is 466 g/mol. The molecule has 8 heteroatoms. The van der Waals surface area contributed by atoms with E-state index in [1.165, 1.54) is 23.1 Å². The molecule has 1 aliphatic rings. The van der Waals surface area contributed by atoms with Crippen molar-refractivity contribution in [1.82, 2.24) is 0 Å². The van der Waals surface area contributed by atoms with E-state index in [0.29, 0.717) is 22.9 Å². The van der Waals surface area contributed by atoms with Crippen LogP contribution in [0.15, 0.2) is 71.6 Å². The van der Waals surface area contributed by atoms with Crippen molar-refractivity contribution in [3.8, 4) is 11.5 Å². The summed E-state index contributed by atoms with van der Waals surface area (Å²) in [5, 5.41) is 2.49. The molecule has 0 saturated heterocycles. The molecular weight excluding hydrogens is 443 g/mol. The van der Waals surface area contributed by atoms with E-state index in [9.17, 15) is 14.0 Å². The van der Waals surface area contributed by atoms with E-state index in [1.54, 1.807) is 32.0 Å². The summed E-state index contributed by atoms with van der Waals surface area (Å²) < 4.78 is 24.2. The highest BCUT2D eigenvalue weighted by Crippen LogP contribution is 2.46. The maximum absolute atomic E-state index is 13.5. The van der Waals surface area contributed by atoms with E-state index in [2.05, 4.69) is 5.32 Å². The Morgan fingerprint density at radius 3 is 2.61 bits per heavy atom. The summed E-state index contributed by atoms with van der Waals surface area (Å²) in [6.07, 6.45) is 0.197. The third kappa shape index (κ3) is 5.12. The van der Waals surface area contributed by atoms with Crippen molar-refractivity contribution in [3.63, 3.8) is 0 Å². The molecule has 3 aromatic rings. The smallest absolute Gasteiger partial charge is 0.244 e. The zero-order chi connectivity index (χ0) is 23.4. The molecule has 0 aromatic heterocycles. The van der Waals surface area contributed by atoms with Gasteiger partial charge in [0, 0.05) is 22.3 Å². The molecule has 3 aromatic carbocycles. The fraction of sp³-hybridized carbons (Fsp3) is 0.200. The van der Waals surface area contributed by atoms with Gasteiger partial charge >= 0.3 is 0 Å². The summed E-state index contributed by atoms with van der Waals surface area (Å²) in [5.41, 5.74) is 1.94. The van der Waals surface area contributed by atoms with Crippen molar-refractivity contribution in [1.29, 1.82) is 0 Å². The molecule has 0 fully saturated rings. The number of carbonyl (C=O) groups excluding carboxylic acids is 2. The number of ether oxygens (including phenoxy) is 2.